The summed E-state index contributed by atoms with van der Waals surface area (Å²) in [7, 11) is 1.82. The minimum Gasteiger partial charge on any atom is -0.301 e. The van der Waals surface area contributed by atoms with Crippen molar-refractivity contribution >= 4 is 22.9 Å². The molecule has 0 saturated heterocycles. The van der Waals surface area contributed by atoms with Crippen LogP contribution in [0.5, 0.6) is 0 Å². The summed E-state index contributed by atoms with van der Waals surface area (Å²) in [4.78, 5) is 12.7. The van der Waals surface area contributed by atoms with Crippen molar-refractivity contribution in [3.05, 3.63) is 16.7 Å². The fourth-order valence-corrected chi connectivity index (χ4v) is 1.29. The van der Waals surface area contributed by atoms with E-state index in [1.54, 1.807) is 4.57 Å². The van der Waals surface area contributed by atoms with E-state index in [4.69, 9.17) is 11.6 Å². The van der Waals surface area contributed by atoms with Gasteiger partial charge in [-0.15, -0.1) is 0 Å². The maximum Gasteiger partial charge on any atom is 0.206 e. The minimum atomic E-state index is 0.417. The predicted molar refractivity (Wildman–Crippen MR) is 50.8 cm³/mol. The molecular formula is C8H9ClN4. The molecule has 13 heavy (non-hydrogen) atoms. The summed E-state index contributed by atoms with van der Waals surface area (Å²) in [5, 5.41) is 0.417. The van der Waals surface area contributed by atoms with E-state index in [9.17, 15) is 0 Å². The fraction of sp³-hybridized carbons (Fsp3) is 0.375. The first kappa shape index (κ1) is 8.44. The number of hydrogen-bond acceptors (Lipinski definition) is 3. The van der Waals surface area contributed by atoms with Crippen LogP contribution in [0, 0.1) is 13.8 Å². The molecule has 0 bridgehead atoms. The highest BCUT2D eigenvalue weighted by molar-refractivity contribution is 6.29. The van der Waals surface area contributed by atoms with Crippen molar-refractivity contribution in [1.82, 2.24) is 19.5 Å². The summed E-state index contributed by atoms with van der Waals surface area (Å²) < 4.78 is 1.72. The molecule has 2 heterocycles. The van der Waals surface area contributed by atoms with Crippen molar-refractivity contribution in [1.29, 1.82) is 0 Å². The Morgan fingerprint density at radius 1 is 1.08 bits per heavy atom. The second kappa shape index (κ2) is 2.67. The number of aromatic nitrogens is 4. The molecule has 0 aromatic carbocycles. The second-order valence-corrected chi connectivity index (χ2v) is 3.32. The molecule has 0 fully saturated rings. The van der Waals surface area contributed by atoms with Crippen molar-refractivity contribution in [3.63, 3.8) is 0 Å². The van der Waals surface area contributed by atoms with Crippen LogP contribution in [0.25, 0.3) is 11.3 Å². The van der Waals surface area contributed by atoms with Crippen LogP contribution in [0.1, 0.15) is 11.4 Å². The number of imidazole rings is 1. The van der Waals surface area contributed by atoms with Gasteiger partial charge in [0, 0.05) is 7.05 Å². The topological polar surface area (TPSA) is 43.6 Å². The minimum absolute atomic E-state index is 0.417. The fourth-order valence-electron chi connectivity index (χ4n) is 1.13. The molecule has 0 aliphatic carbocycles. The average molecular weight is 197 g/mol. The molecule has 4 nitrogen and oxygen atoms in total. The number of halogens is 1. The van der Waals surface area contributed by atoms with Gasteiger partial charge in [0.05, 0.1) is 11.4 Å². The zero-order valence-corrected chi connectivity index (χ0v) is 8.42. The summed E-state index contributed by atoms with van der Waals surface area (Å²) in [6.45, 7) is 3.83. The highest BCUT2D eigenvalue weighted by atomic mass is 35.5. The summed E-state index contributed by atoms with van der Waals surface area (Å²) in [6.07, 6.45) is 0. The molecule has 0 aliphatic heterocycles. The van der Waals surface area contributed by atoms with Crippen LogP contribution < -0.4 is 0 Å². The molecule has 0 radical (unpaired) electrons. The molecule has 0 amide bonds. The number of fused-ring (bicyclic) bond motifs is 1. The zero-order valence-electron chi connectivity index (χ0n) is 7.67. The van der Waals surface area contributed by atoms with Gasteiger partial charge in [-0.05, 0) is 25.4 Å². The van der Waals surface area contributed by atoms with Crippen molar-refractivity contribution in [2.75, 3.05) is 0 Å². The van der Waals surface area contributed by atoms with Gasteiger partial charge in [-0.25, -0.2) is 9.97 Å². The molecule has 0 N–H and O–H groups in total. The highest BCUT2D eigenvalue weighted by Gasteiger charge is 2.09. The van der Waals surface area contributed by atoms with Gasteiger partial charge >= 0.3 is 0 Å². The van der Waals surface area contributed by atoms with Gasteiger partial charge in [0.15, 0.2) is 11.3 Å². The van der Waals surface area contributed by atoms with Crippen LogP contribution >= 0.6 is 11.6 Å². The van der Waals surface area contributed by atoms with E-state index in [1.165, 1.54) is 0 Å². The largest absolute Gasteiger partial charge is 0.301 e. The van der Waals surface area contributed by atoms with Crippen LogP contribution in [0.15, 0.2) is 0 Å². The van der Waals surface area contributed by atoms with Crippen molar-refractivity contribution < 1.29 is 0 Å². The summed E-state index contributed by atoms with van der Waals surface area (Å²) in [5.74, 6) is 0. The predicted octanol–water partition coefficient (Wildman–Crippen LogP) is 1.63. The molecule has 0 aliphatic rings. The Kier molecular flexibility index (Phi) is 1.73. The lowest BCUT2D eigenvalue weighted by atomic mass is 10.3. The van der Waals surface area contributed by atoms with Crippen LogP contribution in [0.3, 0.4) is 0 Å². The molecule has 0 spiro atoms. The van der Waals surface area contributed by atoms with E-state index >= 15 is 0 Å². The van der Waals surface area contributed by atoms with Crippen LogP contribution in [0.2, 0.25) is 5.28 Å². The first-order valence-electron chi connectivity index (χ1n) is 3.93. The number of rotatable bonds is 0. The lowest BCUT2D eigenvalue weighted by molar-refractivity contribution is 0.924. The molecule has 0 atom stereocenters. The monoisotopic (exact) mass is 196 g/mol. The molecule has 2 rings (SSSR count). The molecule has 2 aromatic heterocycles. The summed E-state index contributed by atoms with van der Waals surface area (Å²) >= 11 is 5.83. The molecule has 0 saturated carbocycles. The molecule has 5 heteroatoms. The van der Waals surface area contributed by atoms with Gasteiger partial charge in [0.1, 0.15) is 0 Å². The van der Waals surface area contributed by atoms with Gasteiger partial charge < -0.3 is 4.57 Å². The Labute approximate surface area is 80.6 Å². The van der Waals surface area contributed by atoms with Gasteiger partial charge in [0.25, 0.3) is 0 Å². The third-order valence-corrected chi connectivity index (χ3v) is 2.40. The Balaban J connectivity index is 2.89. The van der Waals surface area contributed by atoms with Crippen molar-refractivity contribution in [3.8, 4) is 0 Å². The van der Waals surface area contributed by atoms with E-state index in [0.717, 1.165) is 17.0 Å². The quantitative estimate of drug-likeness (QED) is 0.644. The van der Waals surface area contributed by atoms with Crippen LogP contribution in [0.4, 0.5) is 0 Å². The van der Waals surface area contributed by atoms with E-state index in [1.807, 2.05) is 20.9 Å². The number of nitrogens with zero attached hydrogens (tertiary/aromatic N) is 4. The normalized spacial score (nSPS) is 11.1. The lowest BCUT2D eigenvalue weighted by Crippen LogP contribution is -1.95. The Hall–Kier alpha value is -1.16. The Morgan fingerprint density at radius 2 is 1.69 bits per heavy atom. The standard InChI is InChI=1S/C8H9ClN4/c1-4-5(2)11-7-6(10-4)12-8(9)13(7)3/h1-3H3. The van der Waals surface area contributed by atoms with E-state index in [-0.39, 0.29) is 0 Å². The molecule has 0 unspecified atom stereocenters. The molecule has 68 valence electrons. The van der Waals surface area contributed by atoms with E-state index in [2.05, 4.69) is 15.0 Å². The van der Waals surface area contributed by atoms with Gasteiger partial charge in [-0.1, -0.05) is 0 Å². The Bertz CT molecular complexity index is 474. The zero-order chi connectivity index (χ0) is 9.59. The van der Waals surface area contributed by atoms with Crippen LogP contribution in [-0.4, -0.2) is 19.5 Å². The van der Waals surface area contributed by atoms with E-state index in [0.29, 0.717) is 10.9 Å². The lowest BCUT2D eigenvalue weighted by Gasteiger charge is -1.98. The third-order valence-electron chi connectivity index (χ3n) is 2.06. The van der Waals surface area contributed by atoms with Gasteiger partial charge in [0.2, 0.25) is 5.28 Å². The van der Waals surface area contributed by atoms with E-state index < -0.39 is 0 Å². The van der Waals surface area contributed by atoms with Crippen molar-refractivity contribution in [2.45, 2.75) is 13.8 Å². The average Bonchev–Trinajstić information content (AvgIpc) is 2.32. The first-order valence-corrected chi connectivity index (χ1v) is 4.30. The maximum absolute atomic E-state index is 5.83. The summed E-state index contributed by atoms with van der Waals surface area (Å²) in [6, 6.07) is 0. The number of hydrogen-bond donors (Lipinski definition) is 0. The summed E-state index contributed by atoms with van der Waals surface area (Å²) in [5.41, 5.74) is 3.14. The molecule has 2 aromatic rings. The third kappa shape index (κ3) is 1.18. The number of aryl methyl sites for hydroxylation is 3. The van der Waals surface area contributed by atoms with Crippen LogP contribution in [-0.2, 0) is 7.05 Å². The van der Waals surface area contributed by atoms with Gasteiger partial charge in [-0.3, -0.25) is 0 Å². The smallest absolute Gasteiger partial charge is 0.206 e. The maximum atomic E-state index is 5.83. The van der Waals surface area contributed by atoms with Gasteiger partial charge in [-0.2, -0.15) is 4.98 Å². The Morgan fingerprint density at radius 3 is 2.38 bits per heavy atom. The molecular weight excluding hydrogens is 188 g/mol. The first-order chi connectivity index (χ1) is 6.09. The highest BCUT2D eigenvalue weighted by Crippen LogP contribution is 2.15. The second-order valence-electron chi connectivity index (χ2n) is 2.98. The van der Waals surface area contributed by atoms with Crippen molar-refractivity contribution in [2.24, 2.45) is 7.05 Å². The SMILES string of the molecule is Cc1nc2nc(Cl)n(C)c2nc1C.